The third kappa shape index (κ3) is 4.96. The number of aromatic amines is 1. The lowest BCUT2D eigenvalue weighted by molar-refractivity contribution is -0.119. The number of benzene rings is 1. The Morgan fingerprint density at radius 1 is 1.28 bits per heavy atom. The predicted molar refractivity (Wildman–Crippen MR) is 95.4 cm³/mol. The van der Waals surface area contributed by atoms with Crippen molar-refractivity contribution < 1.29 is 9.59 Å². The SMILES string of the molecule is CCCn1c(S[C@H](C(=O)NC(=O)NCC)c2ccccc2)n[nH]c1=O. The maximum Gasteiger partial charge on any atom is 0.343 e. The summed E-state index contributed by atoms with van der Waals surface area (Å²) >= 11 is 1.13. The van der Waals surface area contributed by atoms with E-state index in [-0.39, 0.29) is 5.69 Å². The quantitative estimate of drug-likeness (QED) is 0.648. The predicted octanol–water partition coefficient (Wildman–Crippen LogP) is 1.66. The first-order valence-electron chi connectivity index (χ1n) is 8.02. The highest BCUT2D eigenvalue weighted by Crippen LogP contribution is 2.33. The highest BCUT2D eigenvalue weighted by Gasteiger charge is 2.26. The number of rotatable bonds is 7. The lowest BCUT2D eigenvalue weighted by atomic mass is 10.1. The zero-order valence-electron chi connectivity index (χ0n) is 14.1. The fraction of sp³-hybridized carbons (Fsp3) is 0.375. The molecule has 8 nitrogen and oxygen atoms in total. The molecular formula is C16H21N5O3S. The normalized spacial score (nSPS) is 11.8. The van der Waals surface area contributed by atoms with Gasteiger partial charge in [0.25, 0.3) is 0 Å². The maximum absolute atomic E-state index is 12.6. The molecule has 2 rings (SSSR count). The van der Waals surface area contributed by atoms with Crippen molar-refractivity contribution in [2.45, 2.75) is 37.2 Å². The third-order valence-electron chi connectivity index (χ3n) is 3.31. The first-order chi connectivity index (χ1) is 12.1. The van der Waals surface area contributed by atoms with Gasteiger partial charge in [-0.15, -0.1) is 5.10 Å². The monoisotopic (exact) mass is 363 g/mol. The summed E-state index contributed by atoms with van der Waals surface area (Å²) in [7, 11) is 0. The molecule has 0 aliphatic rings. The Morgan fingerprint density at radius 2 is 2.00 bits per heavy atom. The average Bonchev–Trinajstić information content (AvgIpc) is 2.94. The molecule has 0 saturated carbocycles. The van der Waals surface area contributed by atoms with Crippen molar-refractivity contribution >= 4 is 23.7 Å². The van der Waals surface area contributed by atoms with Crippen LogP contribution in [0.25, 0.3) is 0 Å². The summed E-state index contributed by atoms with van der Waals surface area (Å²) in [6.45, 7) is 4.62. The van der Waals surface area contributed by atoms with Crippen LogP contribution < -0.4 is 16.3 Å². The van der Waals surface area contributed by atoms with Crippen LogP contribution in [-0.4, -0.2) is 33.2 Å². The Morgan fingerprint density at radius 3 is 2.64 bits per heavy atom. The van der Waals surface area contributed by atoms with Gasteiger partial charge in [0.15, 0.2) is 5.16 Å². The third-order valence-corrected chi connectivity index (χ3v) is 4.55. The molecular weight excluding hydrogens is 342 g/mol. The number of thioether (sulfide) groups is 1. The van der Waals surface area contributed by atoms with Crippen LogP contribution in [0.3, 0.4) is 0 Å². The van der Waals surface area contributed by atoms with Crippen LogP contribution in [0, 0.1) is 0 Å². The first kappa shape index (κ1) is 18.8. The van der Waals surface area contributed by atoms with Gasteiger partial charge in [0.1, 0.15) is 5.25 Å². The van der Waals surface area contributed by atoms with Crippen molar-refractivity contribution in [3.8, 4) is 0 Å². The Kier molecular flexibility index (Phi) is 6.81. The van der Waals surface area contributed by atoms with Gasteiger partial charge in [-0.3, -0.25) is 14.7 Å². The topological polar surface area (TPSA) is 109 Å². The Labute approximate surface area is 149 Å². The molecule has 0 saturated heterocycles. The molecule has 1 aromatic carbocycles. The first-order valence-corrected chi connectivity index (χ1v) is 8.90. The van der Waals surface area contributed by atoms with Gasteiger partial charge in [-0.2, -0.15) is 0 Å². The zero-order valence-corrected chi connectivity index (χ0v) is 14.9. The van der Waals surface area contributed by atoms with Crippen LogP contribution in [0.15, 0.2) is 40.3 Å². The molecule has 0 radical (unpaired) electrons. The molecule has 1 atom stereocenters. The summed E-state index contributed by atoms with van der Waals surface area (Å²) in [5.41, 5.74) is 0.396. The van der Waals surface area contributed by atoms with Gasteiger partial charge in [-0.25, -0.2) is 14.7 Å². The molecule has 1 aromatic heterocycles. The molecule has 25 heavy (non-hydrogen) atoms. The minimum absolute atomic E-state index is 0.319. The molecule has 0 aliphatic heterocycles. The van der Waals surface area contributed by atoms with Gasteiger partial charge in [-0.05, 0) is 18.9 Å². The van der Waals surface area contributed by atoms with Gasteiger partial charge < -0.3 is 5.32 Å². The van der Waals surface area contributed by atoms with E-state index >= 15 is 0 Å². The Balaban J connectivity index is 2.28. The maximum atomic E-state index is 12.6. The number of urea groups is 1. The molecule has 0 unspecified atom stereocenters. The van der Waals surface area contributed by atoms with Gasteiger partial charge in [0.05, 0.1) is 0 Å². The molecule has 2 aromatic rings. The fourth-order valence-electron chi connectivity index (χ4n) is 2.20. The van der Waals surface area contributed by atoms with Crippen molar-refractivity contribution in [2.24, 2.45) is 0 Å². The smallest absolute Gasteiger partial charge is 0.338 e. The van der Waals surface area contributed by atoms with E-state index in [0.717, 1.165) is 18.2 Å². The van der Waals surface area contributed by atoms with Crippen LogP contribution in [-0.2, 0) is 11.3 Å². The highest BCUT2D eigenvalue weighted by atomic mass is 32.2. The lowest BCUT2D eigenvalue weighted by Crippen LogP contribution is -2.41. The van der Waals surface area contributed by atoms with Crippen LogP contribution >= 0.6 is 11.8 Å². The average molecular weight is 363 g/mol. The summed E-state index contributed by atoms with van der Waals surface area (Å²) in [4.78, 5) is 36.1. The second kappa shape index (κ2) is 9.07. The van der Waals surface area contributed by atoms with E-state index in [0.29, 0.717) is 23.8 Å². The van der Waals surface area contributed by atoms with Crippen LogP contribution in [0.1, 0.15) is 31.1 Å². The van der Waals surface area contributed by atoms with Crippen LogP contribution in [0.4, 0.5) is 4.79 Å². The van der Waals surface area contributed by atoms with E-state index in [4.69, 9.17) is 0 Å². The number of aromatic nitrogens is 3. The minimum Gasteiger partial charge on any atom is -0.338 e. The molecule has 0 fully saturated rings. The van der Waals surface area contributed by atoms with E-state index in [2.05, 4.69) is 20.8 Å². The van der Waals surface area contributed by atoms with Gasteiger partial charge in [0.2, 0.25) is 5.91 Å². The summed E-state index contributed by atoms with van der Waals surface area (Å²) in [6, 6.07) is 8.50. The number of hydrogen-bond acceptors (Lipinski definition) is 5. The summed E-state index contributed by atoms with van der Waals surface area (Å²) in [6.07, 6.45) is 0.758. The molecule has 134 valence electrons. The largest absolute Gasteiger partial charge is 0.343 e. The summed E-state index contributed by atoms with van der Waals surface area (Å²) in [5.74, 6) is -0.472. The number of nitrogens with zero attached hydrogens (tertiary/aromatic N) is 2. The number of amides is 3. The number of hydrogen-bond donors (Lipinski definition) is 3. The van der Waals surface area contributed by atoms with E-state index in [1.807, 2.05) is 25.1 Å². The fourth-order valence-corrected chi connectivity index (χ4v) is 3.27. The van der Waals surface area contributed by atoms with E-state index < -0.39 is 17.2 Å². The standard InChI is InChI=1S/C16H21N5O3S/c1-3-10-21-15(24)19-20-16(21)25-12(11-8-6-5-7-9-11)13(22)18-14(23)17-4-2/h5-9,12H,3-4,10H2,1-2H3,(H,19,24)(H2,17,18,22,23)/t12-/m0/s1. The number of carbonyl (C=O) groups is 2. The van der Waals surface area contributed by atoms with Crippen molar-refractivity contribution in [3.05, 3.63) is 46.4 Å². The van der Waals surface area contributed by atoms with Crippen molar-refractivity contribution in [3.63, 3.8) is 0 Å². The van der Waals surface area contributed by atoms with Gasteiger partial charge in [0, 0.05) is 13.1 Å². The van der Waals surface area contributed by atoms with Crippen molar-refractivity contribution in [2.75, 3.05) is 6.54 Å². The molecule has 1 heterocycles. The van der Waals surface area contributed by atoms with E-state index in [1.165, 1.54) is 4.57 Å². The van der Waals surface area contributed by atoms with Crippen LogP contribution in [0.2, 0.25) is 0 Å². The zero-order chi connectivity index (χ0) is 18.2. The van der Waals surface area contributed by atoms with Crippen molar-refractivity contribution in [1.29, 1.82) is 0 Å². The molecule has 0 aliphatic carbocycles. The second-order valence-corrected chi connectivity index (χ2v) is 6.29. The number of nitrogens with one attached hydrogen (secondary N) is 3. The lowest BCUT2D eigenvalue weighted by Gasteiger charge is -2.16. The number of imide groups is 1. The molecule has 3 N–H and O–H groups in total. The molecule has 3 amide bonds. The number of H-pyrrole nitrogens is 1. The van der Waals surface area contributed by atoms with Gasteiger partial charge >= 0.3 is 11.7 Å². The summed E-state index contributed by atoms with van der Waals surface area (Å²) in [5, 5.41) is 11.0. The van der Waals surface area contributed by atoms with Crippen LogP contribution in [0.5, 0.6) is 0 Å². The van der Waals surface area contributed by atoms with Gasteiger partial charge in [-0.1, -0.05) is 49.0 Å². The number of carbonyl (C=O) groups excluding carboxylic acids is 2. The Bertz CT molecular complexity index is 772. The molecule has 9 heteroatoms. The van der Waals surface area contributed by atoms with E-state index in [9.17, 15) is 14.4 Å². The summed E-state index contributed by atoms with van der Waals surface area (Å²) < 4.78 is 1.49. The highest BCUT2D eigenvalue weighted by molar-refractivity contribution is 8.00. The molecule has 0 bridgehead atoms. The van der Waals surface area contributed by atoms with Crippen molar-refractivity contribution in [1.82, 2.24) is 25.4 Å². The molecule has 0 spiro atoms. The Hall–Kier alpha value is -2.55. The second-order valence-electron chi connectivity index (χ2n) is 5.22. The van der Waals surface area contributed by atoms with E-state index in [1.54, 1.807) is 19.1 Å². The minimum atomic E-state index is -0.713.